The number of carbonyl (C=O) groups is 1. The molecule has 0 saturated carbocycles. The normalized spacial score (nSPS) is 10.1. The lowest BCUT2D eigenvalue weighted by Crippen LogP contribution is -2.12. The van der Waals surface area contributed by atoms with Crippen LogP contribution in [-0.4, -0.2) is 13.0 Å². The second-order valence-electron chi connectivity index (χ2n) is 5.85. The van der Waals surface area contributed by atoms with Crippen LogP contribution < -0.4 is 10.1 Å². The minimum absolute atomic E-state index is 0.240. The summed E-state index contributed by atoms with van der Waals surface area (Å²) in [5.74, 6) is 0.374. The number of ether oxygens (including phenoxy) is 1. The number of anilines is 1. The van der Waals surface area contributed by atoms with Crippen LogP contribution in [0.2, 0.25) is 0 Å². The molecule has 1 N–H and O–H groups in total. The Labute approximate surface area is 168 Å². The van der Waals surface area contributed by atoms with Gasteiger partial charge in [-0.3, -0.25) is 4.79 Å². The summed E-state index contributed by atoms with van der Waals surface area (Å²) in [5, 5.41) is 11.6. The number of hydrogen-bond donors (Lipinski definition) is 1. The minimum atomic E-state index is -0.240. The van der Waals surface area contributed by atoms with E-state index in [9.17, 15) is 4.79 Å². The van der Waals surface area contributed by atoms with E-state index in [0.29, 0.717) is 29.2 Å². The van der Waals surface area contributed by atoms with E-state index in [1.54, 1.807) is 49.6 Å². The van der Waals surface area contributed by atoms with Gasteiger partial charge in [0.15, 0.2) is 0 Å². The van der Waals surface area contributed by atoms with Crippen molar-refractivity contribution in [2.24, 2.45) is 0 Å². The fourth-order valence-corrected chi connectivity index (χ4v) is 2.90. The zero-order valence-electron chi connectivity index (χ0n) is 15.2. The lowest BCUT2D eigenvalue weighted by molar-refractivity contribution is 0.102. The molecule has 0 unspecified atom stereocenters. The summed E-state index contributed by atoms with van der Waals surface area (Å²) in [5.41, 5.74) is 2.69. The van der Waals surface area contributed by atoms with Crippen molar-refractivity contribution in [2.75, 3.05) is 12.4 Å². The van der Waals surface area contributed by atoms with Crippen LogP contribution in [0.5, 0.6) is 5.75 Å². The first kappa shape index (κ1) is 19.5. The lowest BCUT2D eigenvalue weighted by Gasteiger charge is -2.09. The molecule has 5 nitrogen and oxygen atoms in total. The quantitative estimate of drug-likeness (QED) is 0.572. The largest absolute Gasteiger partial charge is 0.489 e. The SMILES string of the molecule is COSc1ccc(COc2cccc(C(=O)Nc3ccc(C#N)cc3)c2)cc1. The van der Waals surface area contributed by atoms with E-state index in [-0.39, 0.29) is 5.91 Å². The summed E-state index contributed by atoms with van der Waals surface area (Å²) < 4.78 is 10.8. The molecule has 0 aromatic heterocycles. The summed E-state index contributed by atoms with van der Waals surface area (Å²) in [4.78, 5) is 13.5. The highest BCUT2D eigenvalue weighted by atomic mass is 32.2. The van der Waals surface area contributed by atoms with Gasteiger partial charge in [-0.1, -0.05) is 18.2 Å². The maximum atomic E-state index is 12.4. The Hall–Kier alpha value is -3.27. The summed E-state index contributed by atoms with van der Waals surface area (Å²) in [6, 6.07) is 23.7. The topological polar surface area (TPSA) is 71.3 Å². The highest BCUT2D eigenvalue weighted by molar-refractivity contribution is 7.94. The molecule has 0 aliphatic heterocycles. The number of carbonyl (C=O) groups excluding carboxylic acids is 1. The first-order chi connectivity index (χ1) is 13.7. The second-order valence-corrected chi connectivity index (χ2v) is 6.83. The van der Waals surface area contributed by atoms with Crippen LogP contribution in [0.15, 0.2) is 77.7 Å². The predicted octanol–water partition coefficient (Wildman–Crippen LogP) is 5.04. The molecule has 3 aromatic carbocycles. The fourth-order valence-electron chi connectivity index (χ4n) is 2.46. The molecule has 3 aromatic rings. The van der Waals surface area contributed by atoms with Crippen LogP contribution in [0, 0.1) is 11.3 Å². The van der Waals surface area contributed by atoms with E-state index < -0.39 is 0 Å². The van der Waals surface area contributed by atoms with Gasteiger partial charge >= 0.3 is 0 Å². The van der Waals surface area contributed by atoms with Crippen LogP contribution in [0.1, 0.15) is 21.5 Å². The first-order valence-electron chi connectivity index (χ1n) is 8.52. The Bertz CT molecular complexity index is 980. The molecule has 1 amide bonds. The third-order valence-corrected chi connectivity index (χ3v) is 4.51. The Morgan fingerprint density at radius 3 is 2.50 bits per heavy atom. The molecule has 0 spiro atoms. The molecule has 3 rings (SSSR count). The first-order valence-corrected chi connectivity index (χ1v) is 9.26. The Kier molecular flexibility index (Phi) is 6.68. The molecular formula is C22H18N2O3S. The van der Waals surface area contributed by atoms with Gasteiger partial charge in [-0.2, -0.15) is 5.26 Å². The molecule has 28 heavy (non-hydrogen) atoms. The van der Waals surface area contributed by atoms with Gasteiger partial charge < -0.3 is 14.2 Å². The van der Waals surface area contributed by atoms with Crippen molar-refractivity contribution < 1.29 is 13.7 Å². The summed E-state index contributed by atoms with van der Waals surface area (Å²) in [7, 11) is 1.63. The summed E-state index contributed by atoms with van der Waals surface area (Å²) in [6.07, 6.45) is 0. The number of nitrogens with zero attached hydrogens (tertiary/aromatic N) is 1. The standard InChI is InChI=1S/C22H18N2O3S/c1-26-28-21-11-7-17(8-12-21)15-27-20-4-2-3-18(13-20)22(25)24-19-9-5-16(14-23)6-10-19/h2-13H,15H2,1H3,(H,24,25). The average molecular weight is 390 g/mol. The van der Waals surface area contributed by atoms with Crippen LogP contribution in [-0.2, 0) is 10.8 Å². The maximum absolute atomic E-state index is 12.4. The van der Waals surface area contributed by atoms with Gasteiger partial charge in [0, 0.05) is 28.2 Å². The van der Waals surface area contributed by atoms with E-state index in [1.165, 1.54) is 12.0 Å². The van der Waals surface area contributed by atoms with Crippen molar-refractivity contribution in [3.8, 4) is 11.8 Å². The molecule has 0 aliphatic carbocycles. The van der Waals surface area contributed by atoms with Crippen molar-refractivity contribution in [2.45, 2.75) is 11.5 Å². The van der Waals surface area contributed by atoms with Gasteiger partial charge in [0.1, 0.15) is 12.4 Å². The fraction of sp³-hybridized carbons (Fsp3) is 0.0909. The van der Waals surface area contributed by atoms with Crippen molar-refractivity contribution in [3.05, 3.63) is 89.5 Å². The monoisotopic (exact) mass is 390 g/mol. The molecule has 0 radical (unpaired) electrons. The number of nitrogens with one attached hydrogen (secondary N) is 1. The molecular weight excluding hydrogens is 372 g/mol. The second kappa shape index (κ2) is 9.60. The van der Waals surface area contributed by atoms with E-state index in [2.05, 4.69) is 5.32 Å². The Balaban J connectivity index is 1.61. The van der Waals surface area contributed by atoms with Crippen molar-refractivity contribution in [1.29, 1.82) is 5.26 Å². The number of amides is 1. The van der Waals surface area contributed by atoms with Gasteiger partial charge in [0.2, 0.25) is 0 Å². The average Bonchev–Trinajstić information content (AvgIpc) is 2.74. The molecule has 0 aliphatic rings. The van der Waals surface area contributed by atoms with E-state index >= 15 is 0 Å². The van der Waals surface area contributed by atoms with Crippen molar-refractivity contribution in [3.63, 3.8) is 0 Å². The maximum Gasteiger partial charge on any atom is 0.255 e. The van der Waals surface area contributed by atoms with Gasteiger partial charge in [-0.25, -0.2) is 0 Å². The minimum Gasteiger partial charge on any atom is -0.489 e. The number of rotatable bonds is 7. The molecule has 0 bridgehead atoms. The van der Waals surface area contributed by atoms with Crippen LogP contribution >= 0.6 is 12.0 Å². The Morgan fingerprint density at radius 1 is 1.07 bits per heavy atom. The van der Waals surface area contributed by atoms with E-state index in [0.717, 1.165) is 10.5 Å². The lowest BCUT2D eigenvalue weighted by atomic mass is 10.2. The van der Waals surface area contributed by atoms with Crippen LogP contribution in [0.25, 0.3) is 0 Å². The highest BCUT2D eigenvalue weighted by Gasteiger charge is 2.08. The van der Waals surface area contributed by atoms with Gasteiger partial charge in [0.25, 0.3) is 5.91 Å². The number of nitriles is 1. The summed E-state index contributed by atoms with van der Waals surface area (Å²) in [6.45, 7) is 0.401. The zero-order chi connectivity index (χ0) is 19.8. The van der Waals surface area contributed by atoms with Gasteiger partial charge in [0.05, 0.1) is 18.7 Å². The zero-order valence-corrected chi connectivity index (χ0v) is 16.0. The van der Waals surface area contributed by atoms with E-state index in [1.807, 2.05) is 36.4 Å². The Morgan fingerprint density at radius 2 is 1.82 bits per heavy atom. The van der Waals surface area contributed by atoms with Crippen LogP contribution in [0.3, 0.4) is 0 Å². The highest BCUT2D eigenvalue weighted by Crippen LogP contribution is 2.20. The third kappa shape index (κ3) is 5.36. The van der Waals surface area contributed by atoms with Crippen LogP contribution in [0.4, 0.5) is 5.69 Å². The smallest absolute Gasteiger partial charge is 0.255 e. The summed E-state index contributed by atoms with van der Waals surface area (Å²) >= 11 is 1.31. The molecule has 0 heterocycles. The predicted molar refractivity (Wildman–Crippen MR) is 109 cm³/mol. The molecule has 140 valence electrons. The number of hydrogen-bond acceptors (Lipinski definition) is 5. The molecule has 6 heteroatoms. The molecule has 0 atom stereocenters. The number of benzene rings is 3. The van der Waals surface area contributed by atoms with E-state index in [4.69, 9.17) is 14.2 Å². The third-order valence-electron chi connectivity index (χ3n) is 3.88. The van der Waals surface area contributed by atoms with Crippen molar-refractivity contribution in [1.82, 2.24) is 0 Å². The van der Waals surface area contributed by atoms with Crippen molar-refractivity contribution >= 4 is 23.6 Å². The van der Waals surface area contributed by atoms with Gasteiger partial charge in [-0.05, 0) is 60.2 Å². The molecule has 0 saturated heterocycles. The van der Waals surface area contributed by atoms with Gasteiger partial charge in [-0.15, -0.1) is 0 Å². The molecule has 0 fully saturated rings.